The van der Waals surface area contributed by atoms with Crippen LogP contribution in [0.3, 0.4) is 0 Å². The first-order valence-corrected chi connectivity index (χ1v) is 8.45. The van der Waals surface area contributed by atoms with Crippen molar-refractivity contribution in [3.8, 4) is 0 Å². The van der Waals surface area contributed by atoms with Crippen molar-refractivity contribution in [3.05, 3.63) is 48.5 Å². The lowest BCUT2D eigenvalue weighted by Crippen LogP contribution is -2.38. The van der Waals surface area contributed by atoms with Gasteiger partial charge in [0.25, 0.3) is 0 Å². The highest BCUT2D eigenvalue weighted by atomic mass is 16.2. The number of benzene rings is 1. The van der Waals surface area contributed by atoms with Gasteiger partial charge in [-0.15, -0.1) is 0 Å². The van der Waals surface area contributed by atoms with Crippen molar-refractivity contribution in [3.63, 3.8) is 0 Å². The van der Waals surface area contributed by atoms with Crippen molar-refractivity contribution in [2.24, 2.45) is 5.92 Å². The number of carbonyl (C=O) groups is 1. The Hall–Kier alpha value is -2.17. The van der Waals surface area contributed by atoms with Crippen molar-refractivity contribution < 1.29 is 4.79 Å². The zero-order valence-corrected chi connectivity index (χ0v) is 13.5. The Morgan fingerprint density at radius 2 is 1.96 bits per heavy atom. The van der Waals surface area contributed by atoms with Crippen LogP contribution in [-0.4, -0.2) is 38.7 Å². The largest absolute Gasteiger partial charge is 0.343 e. The fourth-order valence-electron chi connectivity index (χ4n) is 3.19. The third-order valence-corrected chi connectivity index (χ3v) is 4.67. The molecule has 1 aromatic heterocycles. The van der Waals surface area contributed by atoms with Gasteiger partial charge >= 0.3 is 0 Å². The van der Waals surface area contributed by atoms with Gasteiger partial charge in [0.15, 0.2) is 0 Å². The van der Waals surface area contributed by atoms with Gasteiger partial charge in [0, 0.05) is 26.1 Å². The van der Waals surface area contributed by atoms with Crippen molar-refractivity contribution in [2.45, 2.75) is 38.6 Å². The van der Waals surface area contributed by atoms with Gasteiger partial charge in [-0.25, -0.2) is 4.98 Å². The molecular weight excluding hydrogens is 288 g/mol. The average molecular weight is 312 g/mol. The first kappa shape index (κ1) is 15.7. The molecule has 0 bridgehead atoms. The van der Waals surface area contributed by atoms with E-state index >= 15 is 0 Å². The predicted octanol–water partition coefficient (Wildman–Crippen LogP) is 2.54. The van der Waals surface area contributed by atoms with Crippen molar-refractivity contribution in [1.82, 2.24) is 19.7 Å². The minimum Gasteiger partial charge on any atom is -0.343 e. The number of rotatable bonds is 6. The molecule has 1 aliphatic heterocycles. The van der Waals surface area contributed by atoms with Crippen LogP contribution in [0.15, 0.2) is 43.0 Å². The number of carbonyl (C=O) groups excluding carboxylic acids is 1. The second-order valence-corrected chi connectivity index (χ2v) is 6.26. The second kappa shape index (κ2) is 7.90. The normalized spacial score (nSPS) is 15.7. The zero-order chi connectivity index (χ0) is 15.9. The summed E-state index contributed by atoms with van der Waals surface area (Å²) in [4.78, 5) is 18.3. The monoisotopic (exact) mass is 312 g/mol. The van der Waals surface area contributed by atoms with Gasteiger partial charge in [-0.3, -0.25) is 9.48 Å². The molecule has 3 rings (SSSR count). The maximum Gasteiger partial charge on any atom is 0.222 e. The highest BCUT2D eigenvalue weighted by Gasteiger charge is 2.22. The first-order valence-electron chi connectivity index (χ1n) is 8.45. The molecule has 1 saturated heterocycles. The summed E-state index contributed by atoms with van der Waals surface area (Å²) in [5.74, 6) is 0.987. The van der Waals surface area contributed by atoms with E-state index in [0.717, 1.165) is 45.3 Å². The lowest BCUT2D eigenvalue weighted by Gasteiger charge is -2.32. The predicted molar refractivity (Wildman–Crippen MR) is 88.7 cm³/mol. The summed E-state index contributed by atoms with van der Waals surface area (Å²) >= 11 is 0. The molecule has 1 aromatic carbocycles. The van der Waals surface area contributed by atoms with Crippen molar-refractivity contribution in [2.75, 3.05) is 13.1 Å². The molecule has 0 N–H and O–H groups in total. The molecular formula is C18H24N4O. The van der Waals surface area contributed by atoms with Crippen molar-refractivity contribution in [1.29, 1.82) is 0 Å². The van der Waals surface area contributed by atoms with Crippen LogP contribution in [0.2, 0.25) is 0 Å². The number of hydrogen-bond acceptors (Lipinski definition) is 3. The van der Waals surface area contributed by atoms with E-state index in [1.165, 1.54) is 5.56 Å². The number of aromatic nitrogens is 3. The number of piperidine rings is 1. The van der Waals surface area contributed by atoms with Gasteiger partial charge in [-0.2, -0.15) is 5.10 Å². The summed E-state index contributed by atoms with van der Waals surface area (Å²) in [6.45, 7) is 2.72. The van der Waals surface area contributed by atoms with Crippen LogP contribution in [-0.2, 0) is 17.8 Å². The summed E-state index contributed by atoms with van der Waals surface area (Å²) in [5.41, 5.74) is 1.24. The highest BCUT2D eigenvalue weighted by molar-refractivity contribution is 5.76. The lowest BCUT2D eigenvalue weighted by atomic mass is 9.93. The zero-order valence-electron chi connectivity index (χ0n) is 13.5. The summed E-state index contributed by atoms with van der Waals surface area (Å²) in [6.07, 6.45) is 8.13. The van der Waals surface area contributed by atoms with E-state index in [4.69, 9.17) is 0 Å². The standard InChI is InChI=1S/C18H24N4O/c23-18(7-6-16-4-2-1-3-5-16)21-11-8-17(9-12-21)10-13-22-15-19-14-20-22/h1-5,14-15,17H,6-13H2. The molecule has 0 saturated carbocycles. The maximum atomic E-state index is 12.3. The molecule has 5 heteroatoms. The Morgan fingerprint density at radius 3 is 2.65 bits per heavy atom. The quantitative estimate of drug-likeness (QED) is 0.823. The average Bonchev–Trinajstić information content (AvgIpc) is 3.13. The van der Waals surface area contributed by atoms with Gasteiger partial charge in [0.2, 0.25) is 5.91 Å². The van der Waals surface area contributed by atoms with Crippen LogP contribution in [0.5, 0.6) is 0 Å². The van der Waals surface area contributed by atoms with E-state index < -0.39 is 0 Å². The van der Waals surface area contributed by atoms with E-state index in [-0.39, 0.29) is 0 Å². The first-order chi connectivity index (χ1) is 11.3. The molecule has 2 heterocycles. The number of amides is 1. The van der Waals surface area contributed by atoms with E-state index in [1.807, 2.05) is 27.8 Å². The van der Waals surface area contributed by atoms with Gasteiger partial charge in [0.1, 0.15) is 12.7 Å². The third-order valence-electron chi connectivity index (χ3n) is 4.67. The van der Waals surface area contributed by atoms with E-state index in [1.54, 1.807) is 12.7 Å². The van der Waals surface area contributed by atoms with E-state index in [9.17, 15) is 4.79 Å². The third kappa shape index (κ3) is 4.65. The molecule has 122 valence electrons. The molecule has 1 amide bonds. The van der Waals surface area contributed by atoms with Crippen LogP contribution in [0.25, 0.3) is 0 Å². The Labute approximate surface area is 137 Å². The molecule has 0 unspecified atom stereocenters. The SMILES string of the molecule is O=C(CCc1ccccc1)N1CCC(CCn2cncn2)CC1. The summed E-state index contributed by atoms with van der Waals surface area (Å²) in [6, 6.07) is 10.2. The molecule has 23 heavy (non-hydrogen) atoms. The molecule has 0 spiro atoms. The number of hydrogen-bond donors (Lipinski definition) is 0. The van der Waals surface area contributed by atoms with Crippen LogP contribution in [0.4, 0.5) is 0 Å². The summed E-state index contributed by atoms with van der Waals surface area (Å²) < 4.78 is 1.89. The highest BCUT2D eigenvalue weighted by Crippen LogP contribution is 2.21. The molecule has 0 aliphatic carbocycles. The molecule has 2 aromatic rings. The van der Waals surface area contributed by atoms with Gasteiger partial charge < -0.3 is 4.90 Å². The summed E-state index contributed by atoms with van der Waals surface area (Å²) in [7, 11) is 0. The van der Waals surface area contributed by atoms with Gasteiger partial charge in [-0.05, 0) is 37.2 Å². The van der Waals surface area contributed by atoms with Crippen molar-refractivity contribution >= 4 is 5.91 Å². The van der Waals surface area contributed by atoms with E-state index in [0.29, 0.717) is 18.2 Å². The fourth-order valence-corrected chi connectivity index (χ4v) is 3.19. The molecule has 0 radical (unpaired) electrons. The second-order valence-electron chi connectivity index (χ2n) is 6.26. The van der Waals surface area contributed by atoms with Crippen LogP contribution in [0, 0.1) is 5.92 Å². The smallest absolute Gasteiger partial charge is 0.222 e. The van der Waals surface area contributed by atoms with Crippen LogP contribution >= 0.6 is 0 Å². The number of nitrogens with zero attached hydrogens (tertiary/aromatic N) is 4. The van der Waals surface area contributed by atoms with Gasteiger partial charge in [0.05, 0.1) is 0 Å². The Bertz CT molecular complexity index is 589. The lowest BCUT2D eigenvalue weighted by molar-refractivity contribution is -0.132. The minimum absolute atomic E-state index is 0.295. The fraction of sp³-hybridized carbons (Fsp3) is 0.500. The Kier molecular flexibility index (Phi) is 5.40. The minimum atomic E-state index is 0.295. The van der Waals surface area contributed by atoms with Gasteiger partial charge in [-0.1, -0.05) is 30.3 Å². The number of likely N-dealkylation sites (tertiary alicyclic amines) is 1. The maximum absolute atomic E-state index is 12.3. The Morgan fingerprint density at radius 1 is 1.17 bits per heavy atom. The molecule has 1 fully saturated rings. The number of aryl methyl sites for hydroxylation is 2. The molecule has 1 aliphatic rings. The Balaban J connectivity index is 1.37. The summed E-state index contributed by atoms with van der Waals surface area (Å²) in [5, 5.41) is 4.14. The molecule has 5 nitrogen and oxygen atoms in total. The van der Waals surface area contributed by atoms with E-state index in [2.05, 4.69) is 22.2 Å². The van der Waals surface area contributed by atoms with Crippen LogP contribution < -0.4 is 0 Å². The van der Waals surface area contributed by atoms with Crippen LogP contribution in [0.1, 0.15) is 31.2 Å². The topological polar surface area (TPSA) is 51.0 Å². The molecule has 0 atom stereocenters.